The van der Waals surface area contributed by atoms with Crippen molar-refractivity contribution in [1.29, 1.82) is 0 Å². The van der Waals surface area contributed by atoms with E-state index in [0.717, 1.165) is 32.1 Å². The lowest BCUT2D eigenvalue weighted by Gasteiger charge is -2.59. The van der Waals surface area contributed by atoms with Gasteiger partial charge in [-0.2, -0.15) is 0 Å². The molecule has 0 unspecified atom stereocenters. The van der Waals surface area contributed by atoms with Crippen molar-refractivity contribution in [3.05, 3.63) is 115 Å². The van der Waals surface area contributed by atoms with E-state index in [1.807, 2.05) is 66.7 Å². The molecule has 4 fully saturated rings. The number of hydrogen-bond acceptors (Lipinski definition) is 4. The zero-order valence-corrected chi connectivity index (χ0v) is 25.8. The van der Waals surface area contributed by atoms with E-state index in [1.165, 1.54) is 38.2 Å². The Morgan fingerprint density at radius 1 is 0.727 bits per heavy atom. The normalized spacial score (nSPS) is 25.2. The van der Waals surface area contributed by atoms with Crippen LogP contribution in [0.4, 0.5) is 4.39 Å². The predicted octanol–water partition coefficient (Wildman–Crippen LogP) is 8.64. The molecule has 0 amide bonds. The topological polar surface area (TPSA) is 44.8 Å². The lowest BCUT2D eigenvalue weighted by atomic mass is 9.50. The molecule has 0 atom stereocenters. The summed E-state index contributed by atoms with van der Waals surface area (Å²) in [6.07, 6.45) is 6.14. The average molecular weight is 610 g/mol. The van der Waals surface area contributed by atoms with Crippen LogP contribution in [0, 0.1) is 29.5 Å². The number of esters is 1. The van der Waals surface area contributed by atoms with Gasteiger partial charge >= 0.3 is 5.97 Å². The Hall–Kier alpha value is -3.77. The highest BCUT2D eigenvalue weighted by Gasteiger charge is 2.57. The fourth-order valence-corrected chi connectivity index (χ4v) is 9.95. The van der Waals surface area contributed by atoms with Gasteiger partial charge in [0.1, 0.15) is 29.5 Å². The third kappa shape index (κ3) is 6.10. The number of benzene rings is 4. The van der Waals surface area contributed by atoms with Gasteiger partial charge in [0.2, 0.25) is 0 Å². The SMILES string of the molecule is CC1(OC(=O)COc2ccc(COc3cc(F)cc([S+](c4ccccc4)c4ccccc4)c3)cc2)C2CC3CC(C2)CC1C3. The summed E-state index contributed by atoms with van der Waals surface area (Å²) in [6.45, 7) is 2.33. The lowest BCUT2D eigenvalue weighted by Crippen LogP contribution is -2.58. The van der Waals surface area contributed by atoms with Crippen LogP contribution in [-0.4, -0.2) is 18.2 Å². The van der Waals surface area contributed by atoms with Crippen LogP contribution in [0.1, 0.15) is 44.6 Å². The minimum Gasteiger partial charge on any atom is -0.489 e. The van der Waals surface area contributed by atoms with Gasteiger partial charge in [-0.1, -0.05) is 48.5 Å². The van der Waals surface area contributed by atoms with Crippen LogP contribution in [0.2, 0.25) is 0 Å². The summed E-state index contributed by atoms with van der Waals surface area (Å²) in [5.74, 6) is 3.07. The van der Waals surface area contributed by atoms with Crippen molar-refractivity contribution in [2.75, 3.05) is 6.61 Å². The van der Waals surface area contributed by atoms with Crippen LogP contribution >= 0.6 is 0 Å². The molecular weight excluding hydrogens is 571 g/mol. The number of hydrogen-bond donors (Lipinski definition) is 0. The van der Waals surface area contributed by atoms with Crippen molar-refractivity contribution in [2.24, 2.45) is 23.7 Å². The molecule has 44 heavy (non-hydrogen) atoms. The van der Waals surface area contributed by atoms with Crippen LogP contribution in [0.3, 0.4) is 0 Å². The molecule has 0 spiro atoms. The first-order chi connectivity index (χ1) is 21.4. The second-order valence-corrected chi connectivity index (χ2v) is 14.8. The molecule has 4 bridgehead atoms. The second-order valence-electron chi connectivity index (χ2n) is 12.7. The van der Waals surface area contributed by atoms with Gasteiger partial charge in [0.15, 0.2) is 21.3 Å². The molecule has 4 aliphatic rings. The van der Waals surface area contributed by atoms with E-state index in [-0.39, 0.29) is 30.6 Å². The van der Waals surface area contributed by atoms with Crippen LogP contribution in [0.25, 0.3) is 0 Å². The van der Waals surface area contributed by atoms with Gasteiger partial charge in [-0.05, 0) is 105 Å². The van der Waals surface area contributed by atoms with E-state index in [0.29, 0.717) is 23.3 Å². The highest BCUT2D eigenvalue weighted by molar-refractivity contribution is 7.97. The average Bonchev–Trinajstić information content (AvgIpc) is 3.03. The fraction of sp³-hybridized carbons (Fsp3) is 0.342. The third-order valence-electron chi connectivity index (χ3n) is 9.82. The molecular formula is C38H38FO4S+. The largest absolute Gasteiger partial charge is 0.489 e. The first-order valence-electron chi connectivity index (χ1n) is 15.6. The Labute approximate surface area is 261 Å². The maximum atomic E-state index is 14.9. The van der Waals surface area contributed by atoms with Crippen LogP contribution in [0.15, 0.2) is 118 Å². The summed E-state index contributed by atoms with van der Waals surface area (Å²) in [4.78, 5) is 15.9. The van der Waals surface area contributed by atoms with Crippen molar-refractivity contribution in [2.45, 2.75) is 65.9 Å². The van der Waals surface area contributed by atoms with Crippen molar-refractivity contribution < 1.29 is 23.4 Å². The standard InChI is InChI=1S/C38H38FO4S/c1-38(29-17-27-16-28(19-29)20-30(38)18-27)43-37(40)25-42-32-14-12-26(13-15-32)24-41-33-21-31(39)22-36(23-33)44(34-8-4-2-5-9-34)35-10-6-3-7-11-35/h2-15,21-23,27-30H,16-20,24-25H2,1H3/q+1. The molecule has 0 N–H and O–H groups in total. The van der Waals surface area contributed by atoms with E-state index in [4.69, 9.17) is 14.2 Å². The molecule has 8 rings (SSSR count). The zero-order chi connectivity index (χ0) is 30.1. The first-order valence-corrected chi connectivity index (χ1v) is 16.9. The van der Waals surface area contributed by atoms with E-state index < -0.39 is 10.9 Å². The zero-order valence-electron chi connectivity index (χ0n) is 25.0. The Bertz CT molecular complexity index is 1520. The molecule has 0 heterocycles. The summed E-state index contributed by atoms with van der Waals surface area (Å²) < 4.78 is 32.9. The van der Waals surface area contributed by atoms with Gasteiger partial charge in [0.05, 0.1) is 10.9 Å². The monoisotopic (exact) mass is 609 g/mol. The van der Waals surface area contributed by atoms with Crippen LogP contribution in [0.5, 0.6) is 11.5 Å². The lowest BCUT2D eigenvalue weighted by molar-refractivity contribution is -0.204. The predicted molar refractivity (Wildman–Crippen MR) is 169 cm³/mol. The number of ether oxygens (including phenoxy) is 3. The van der Waals surface area contributed by atoms with Gasteiger partial charge in [0, 0.05) is 18.2 Å². The smallest absolute Gasteiger partial charge is 0.344 e. The Morgan fingerprint density at radius 3 is 1.91 bits per heavy atom. The fourth-order valence-electron chi connectivity index (χ4n) is 7.81. The van der Waals surface area contributed by atoms with Crippen LogP contribution in [-0.2, 0) is 27.0 Å². The molecule has 4 aromatic rings. The van der Waals surface area contributed by atoms with Crippen molar-refractivity contribution in [3.8, 4) is 11.5 Å². The van der Waals surface area contributed by atoms with Crippen LogP contribution < -0.4 is 9.47 Å². The van der Waals surface area contributed by atoms with Gasteiger partial charge in [-0.3, -0.25) is 0 Å². The number of carbonyl (C=O) groups excluding carboxylic acids is 1. The molecule has 4 saturated carbocycles. The number of halogens is 1. The maximum absolute atomic E-state index is 14.9. The highest BCUT2D eigenvalue weighted by Crippen LogP contribution is 2.59. The number of rotatable bonds is 10. The van der Waals surface area contributed by atoms with E-state index in [1.54, 1.807) is 6.07 Å². The second kappa shape index (κ2) is 12.3. The molecule has 226 valence electrons. The summed E-state index contributed by atoms with van der Waals surface area (Å²) in [5.41, 5.74) is 0.561. The Kier molecular flexibility index (Phi) is 8.11. The quantitative estimate of drug-likeness (QED) is 0.133. The van der Waals surface area contributed by atoms with E-state index in [2.05, 4.69) is 31.2 Å². The molecule has 6 heteroatoms. The molecule has 4 aliphatic carbocycles. The molecule has 0 saturated heterocycles. The maximum Gasteiger partial charge on any atom is 0.344 e. The van der Waals surface area contributed by atoms with Gasteiger partial charge in [-0.15, -0.1) is 0 Å². The Morgan fingerprint density at radius 2 is 1.32 bits per heavy atom. The van der Waals surface area contributed by atoms with E-state index >= 15 is 0 Å². The summed E-state index contributed by atoms with van der Waals surface area (Å²) >= 11 is 0. The molecule has 0 radical (unpaired) electrons. The van der Waals surface area contributed by atoms with Crippen molar-refractivity contribution >= 4 is 16.9 Å². The van der Waals surface area contributed by atoms with Crippen molar-refractivity contribution in [3.63, 3.8) is 0 Å². The van der Waals surface area contributed by atoms with Gasteiger partial charge in [-0.25, -0.2) is 9.18 Å². The molecule has 4 nitrogen and oxygen atoms in total. The molecule has 0 aliphatic heterocycles. The molecule has 0 aromatic heterocycles. The summed E-state index contributed by atoms with van der Waals surface area (Å²) in [5, 5.41) is 0. The summed E-state index contributed by atoms with van der Waals surface area (Å²) in [7, 11) is -0.474. The highest BCUT2D eigenvalue weighted by atomic mass is 32.2. The van der Waals surface area contributed by atoms with Gasteiger partial charge < -0.3 is 14.2 Å². The minimum atomic E-state index is -0.474. The van der Waals surface area contributed by atoms with E-state index in [9.17, 15) is 9.18 Å². The number of carbonyl (C=O) groups is 1. The Balaban J connectivity index is 0.966. The van der Waals surface area contributed by atoms with Crippen molar-refractivity contribution in [1.82, 2.24) is 0 Å². The first kappa shape index (κ1) is 29.0. The van der Waals surface area contributed by atoms with Gasteiger partial charge in [0.25, 0.3) is 0 Å². The molecule has 4 aromatic carbocycles. The minimum absolute atomic E-state index is 0.103. The summed E-state index contributed by atoms with van der Waals surface area (Å²) in [6, 6.07) is 32.7. The third-order valence-corrected chi connectivity index (χ3v) is 12.0.